The van der Waals surface area contributed by atoms with Gasteiger partial charge in [-0.1, -0.05) is 13.8 Å². The smallest absolute Gasteiger partial charge is 0.228 e. The van der Waals surface area contributed by atoms with Gasteiger partial charge in [-0.25, -0.2) is 0 Å². The highest BCUT2D eigenvalue weighted by atomic mass is 16.3. The highest BCUT2D eigenvalue weighted by molar-refractivity contribution is 5.83. The van der Waals surface area contributed by atoms with Crippen LogP contribution in [0.2, 0.25) is 0 Å². The second-order valence-corrected chi connectivity index (χ2v) is 6.24. The number of nitrogens with one attached hydrogen (secondary N) is 1. The van der Waals surface area contributed by atoms with Gasteiger partial charge in [-0.3, -0.25) is 4.79 Å². The molecule has 0 aromatic heterocycles. The van der Waals surface area contributed by atoms with E-state index in [0.29, 0.717) is 5.92 Å². The lowest BCUT2D eigenvalue weighted by molar-refractivity contribution is -0.145. The van der Waals surface area contributed by atoms with Crippen molar-refractivity contribution >= 4 is 5.91 Å². The van der Waals surface area contributed by atoms with Crippen LogP contribution in [-0.2, 0) is 4.79 Å². The van der Waals surface area contributed by atoms with Crippen molar-refractivity contribution in [3.05, 3.63) is 0 Å². The molecule has 4 heteroatoms. The number of likely N-dealkylation sites (tertiary alicyclic amines) is 1. The van der Waals surface area contributed by atoms with Gasteiger partial charge in [0, 0.05) is 12.0 Å². The van der Waals surface area contributed by atoms with Gasteiger partial charge in [0.15, 0.2) is 0 Å². The van der Waals surface area contributed by atoms with Gasteiger partial charge >= 0.3 is 0 Å². The van der Waals surface area contributed by atoms with Crippen LogP contribution in [0.1, 0.15) is 39.5 Å². The van der Waals surface area contributed by atoms with Gasteiger partial charge in [-0.15, -0.1) is 0 Å². The Hall–Kier alpha value is -0.610. The van der Waals surface area contributed by atoms with Crippen LogP contribution in [-0.4, -0.2) is 48.2 Å². The first-order chi connectivity index (χ1) is 8.57. The summed E-state index contributed by atoms with van der Waals surface area (Å²) >= 11 is 0. The number of aliphatic hydroxyl groups excluding tert-OH is 1. The molecule has 2 N–H and O–H groups in total. The van der Waals surface area contributed by atoms with Gasteiger partial charge in [-0.2, -0.15) is 0 Å². The van der Waals surface area contributed by atoms with Crippen LogP contribution in [0.5, 0.6) is 0 Å². The molecule has 2 fully saturated rings. The lowest BCUT2D eigenvalue weighted by atomic mass is 9.74. The molecular weight excluding hydrogens is 228 g/mol. The molecule has 2 saturated heterocycles. The van der Waals surface area contributed by atoms with Crippen LogP contribution in [0.15, 0.2) is 0 Å². The van der Waals surface area contributed by atoms with Gasteiger partial charge in [0.2, 0.25) is 5.91 Å². The maximum absolute atomic E-state index is 12.7. The SMILES string of the molecule is CC(C)(C(=O)N1CCC[C@@H]1CO)C1CCCNC1. The van der Waals surface area contributed by atoms with E-state index in [-0.39, 0.29) is 24.0 Å². The average Bonchev–Trinajstić information content (AvgIpc) is 2.87. The van der Waals surface area contributed by atoms with E-state index in [4.69, 9.17) is 0 Å². The van der Waals surface area contributed by atoms with Crippen LogP contribution in [0, 0.1) is 11.3 Å². The molecule has 1 unspecified atom stereocenters. The first kappa shape index (κ1) is 13.8. The molecule has 0 aliphatic carbocycles. The van der Waals surface area contributed by atoms with Crippen LogP contribution >= 0.6 is 0 Å². The van der Waals surface area contributed by atoms with Gasteiger partial charge in [0.1, 0.15) is 0 Å². The zero-order valence-electron chi connectivity index (χ0n) is 11.6. The topological polar surface area (TPSA) is 52.6 Å². The summed E-state index contributed by atoms with van der Waals surface area (Å²) in [4.78, 5) is 14.6. The third-order valence-electron chi connectivity index (χ3n) is 4.72. The average molecular weight is 254 g/mol. The third kappa shape index (κ3) is 2.54. The van der Waals surface area contributed by atoms with Crippen molar-refractivity contribution in [3.63, 3.8) is 0 Å². The fraction of sp³-hybridized carbons (Fsp3) is 0.929. The van der Waals surface area contributed by atoms with Crippen molar-refractivity contribution in [1.82, 2.24) is 10.2 Å². The van der Waals surface area contributed by atoms with E-state index in [0.717, 1.165) is 45.3 Å². The molecule has 0 bridgehead atoms. The second kappa shape index (κ2) is 5.57. The van der Waals surface area contributed by atoms with Crippen molar-refractivity contribution in [2.24, 2.45) is 11.3 Å². The molecule has 18 heavy (non-hydrogen) atoms. The molecule has 2 rings (SSSR count). The van der Waals surface area contributed by atoms with Crippen LogP contribution in [0.3, 0.4) is 0 Å². The van der Waals surface area contributed by atoms with Gasteiger partial charge in [0.25, 0.3) is 0 Å². The predicted molar refractivity (Wildman–Crippen MR) is 71.2 cm³/mol. The van der Waals surface area contributed by atoms with Gasteiger partial charge < -0.3 is 15.3 Å². The van der Waals surface area contributed by atoms with E-state index in [9.17, 15) is 9.90 Å². The summed E-state index contributed by atoms with van der Waals surface area (Å²) in [7, 11) is 0. The number of hydrogen-bond donors (Lipinski definition) is 2. The van der Waals surface area contributed by atoms with Crippen LogP contribution in [0.25, 0.3) is 0 Å². The Morgan fingerprint density at radius 1 is 1.39 bits per heavy atom. The van der Waals surface area contributed by atoms with E-state index >= 15 is 0 Å². The number of carbonyl (C=O) groups is 1. The van der Waals surface area contributed by atoms with E-state index in [1.165, 1.54) is 0 Å². The molecule has 0 aromatic carbocycles. The summed E-state index contributed by atoms with van der Waals surface area (Å²) in [6.07, 6.45) is 4.26. The molecule has 0 aromatic rings. The largest absolute Gasteiger partial charge is 0.394 e. The number of nitrogens with zero attached hydrogens (tertiary/aromatic N) is 1. The molecule has 104 valence electrons. The number of rotatable bonds is 3. The van der Waals surface area contributed by atoms with E-state index in [1.54, 1.807) is 0 Å². The Kier molecular flexibility index (Phi) is 4.28. The minimum Gasteiger partial charge on any atom is -0.394 e. The van der Waals surface area contributed by atoms with Crippen LogP contribution in [0.4, 0.5) is 0 Å². The fourth-order valence-corrected chi connectivity index (χ4v) is 3.31. The van der Waals surface area contributed by atoms with E-state index in [1.807, 2.05) is 4.90 Å². The highest BCUT2D eigenvalue weighted by Gasteiger charge is 2.42. The van der Waals surface area contributed by atoms with Crippen molar-refractivity contribution in [1.29, 1.82) is 0 Å². The number of hydrogen-bond acceptors (Lipinski definition) is 3. The van der Waals surface area contributed by atoms with Gasteiger partial charge in [0.05, 0.1) is 12.6 Å². The summed E-state index contributed by atoms with van der Waals surface area (Å²) in [5.74, 6) is 0.645. The summed E-state index contributed by atoms with van der Waals surface area (Å²) in [5.41, 5.74) is -0.314. The van der Waals surface area contributed by atoms with Gasteiger partial charge in [-0.05, 0) is 44.7 Å². The second-order valence-electron chi connectivity index (χ2n) is 6.24. The quantitative estimate of drug-likeness (QED) is 0.790. The highest BCUT2D eigenvalue weighted by Crippen LogP contribution is 2.35. The first-order valence-corrected chi connectivity index (χ1v) is 7.20. The number of amides is 1. The van der Waals surface area contributed by atoms with Crippen molar-refractivity contribution in [3.8, 4) is 0 Å². The zero-order chi connectivity index (χ0) is 13.2. The predicted octanol–water partition coefficient (Wildman–Crippen LogP) is 0.996. The normalized spacial score (nSPS) is 29.6. The molecule has 4 nitrogen and oxygen atoms in total. The molecular formula is C14H26N2O2. The van der Waals surface area contributed by atoms with Crippen molar-refractivity contribution < 1.29 is 9.90 Å². The Labute approximate surface area is 110 Å². The third-order valence-corrected chi connectivity index (χ3v) is 4.72. The monoisotopic (exact) mass is 254 g/mol. The Balaban J connectivity index is 2.05. The maximum atomic E-state index is 12.7. The number of piperidine rings is 1. The molecule has 2 atom stereocenters. The van der Waals surface area contributed by atoms with E-state index in [2.05, 4.69) is 19.2 Å². The Bertz CT molecular complexity index is 298. The summed E-state index contributed by atoms with van der Waals surface area (Å²) in [5, 5.41) is 12.7. The molecule has 0 spiro atoms. The molecule has 2 aliphatic heterocycles. The van der Waals surface area contributed by atoms with Crippen molar-refractivity contribution in [2.75, 3.05) is 26.2 Å². The van der Waals surface area contributed by atoms with Crippen molar-refractivity contribution in [2.45, 2.75) is 45.6 Å². The zero-order valence-corrected chi connectivity index (χ0v) is 11.6. The molecule has 0 radical (unpaired) electrons. The van der Waals surface area contributed by atoms with E-state index < -0.39 is 0 Å². The minimum atomic E-state index is -0.314. The molecule has 2 aliphatic rings. The molecule has 1 amide bonds. The fourth-order valence-electron chi connectivity index (χ4n) is 3.31. The lowest BCUT2D eigenvalue weighted by Gasteiger charge is -2.40. The Morgan fingerprint density at radius 3 is 2.78 bits per heavy atom. The standard InChI is InChI=1S/C14H26N2O2/c1-14(2,11-5-3-7-15-9-11)13(18)16-8-4-6-12(16)10-17/h11-12,15,17H,3-10H2,1-2H3/t11?,12-/m1/s1. The molecule has 0 saturated carbocycles. The first-order valence-electron chi connectivity index (χ1n) is 7.20. The maximum Gasteiger partial charge on any atom is 0.228 e. The minimum absolute atomic E-state index is 0.0494. The number of aliphatic hydroxyl groups is 1. The van der Waals surface area contributed by atoms with Crippen LogP contribution < -0.4 is 5.32 Å². The summed E-state index contributed by atoms with van der Waals surface area (Å²) in [6, 6.07) is 0.0494. The summed E-state index contributed by atoms with van der Waals surface area (Å²) in [6.45, 7) is 7.07. The lowest BCUT2D eigenvalue weighted by Crippen LogP contribution is -2.50. The summed E-state index contributed by atoms with van der Waals surface area (Å²) < 4.78 is 0. The number of carbonyl (C=O) groups excluding carboxylic acids is 1. The molecule has 2 heterocycles. The Morgan fingerprint density at radius 2 is 2.17 bits per heavy atom.